The van der Waals surface area contributed by atoms with E-state index in [2.05, 4.69) is 0 Å². The number of hydrogen-bond donors (Lipinski definition) is 1. The molecule has 0 aliphatic carbocycles. The number of hydrogen-bond acceptors (Lipinski definition) is 1. The first kappa shape index (κ1) is 12.8. The summed E-state index contributed by atoms with van der Waals surface area (Å²) in [4.78, 5) is 0. The summed E-state index contributed by atoms with van der Waals surface area (Å²) in [5, 5.41) is 12.5. The van der Waals surface area contributed by atoms with Gasteiger partial charge >= 0.3 is 0 Å². The van der Waals surface area contributed by atoms with Gasteiger partial charge in [0.2, 0.25) is 0 Å². The lowest BCUT2D eigenvalue weighted by Gasteiger charge is -2.14. The monoisotopic (exact) mass is 266 g/mol. The van der Waals surface area contributed by atoms with Crippen molar-refractivity contribution in [2.24, 2.45) is 0 Å². The van der Waals surface area contributed by atoms with Crippen molar-refractivity contribution in [2.75, 3.05) is 0 Å². The molecule has 1 N–H and O–H groups in total. The van der Waals surface area contributed by atoms with Gasteiger partial charge < -0.3 is 5.11 Å². The van der Waals surface area contributed by atoms with Crippen LogP contribution in [0, 0.1) is 5.82 Å². The van der Waals surface area contributed by atoms with Gasteiger partial charge in [-0.25, -0.2) is 4.39 Å². The van der Waals surface area contributed by atoms with E-state index in [0.717, 1.165) is 16.3 Å². The zero-order chi connectivity index (χ0) is 13.9. The lowest BCUT2D eigenvalue weighted by Crippen LogP contribution is -2.04. The summed E-state index contributed by atoms with van der Waals surface area (Å²) in [7, 11) is 0. The summed E-state index contributed by atoms with van der Waals surface area (Å²) in [5.41, 5.74) is 1.37. The molecule has 0 heterocycles. The van der Waals surface area contributed by atoms with Crippen molar-refractivity contribution in [2.45, 2.75) is 12.5 Å². The Labute approximate surface area is 117 Å². The zero-order valence-electron chi connectivity index (χ0n) is 11.0. The first-order chi connectivity index (χ1) is 9.75. The lowest BCUT2D eigenvalue weighted by molar-refractivity contribution is 0.178. The van der Waals surface area contributed by atoms with Gasteiger partial charge in [-0.2, -0.15) is 0 Å². The molecule has 2 heteroatoms. The lowest BCUT2D eigenvalue weighted by atomic mass is 9.96. The van der Waals surface area contributed by atoms with Crippen molar-refractivity contribution in [3.8, 4) is 0 Å². The molecule has 0 fully saturated rings. The average Bonchev–Trinajstić information content (AvgIpc) is 2.49. The SMILES string of the molecule is OC(Cc1ccccc1F)c1cccc2ccccc12. The van der Waals surface area contributed by atoms with Gasteiger partial charge in [0, 0.05) is 6.42 Å². The maximum atomic E-state index is 13.7. The molecular formula is C18H15FO. The summed E-state index contributed by atoms with van der Waals surface area (Å²) in [6, 6.07) is 20.3. The normalized spacial score (nSPS) is 12.5. The Morgan fingerprint density at radius 3 is 2.40 bits per heavy atom. The van der Waals surface area contributed by atoms with Crippen molar-refractivity contribution in [3.63, 3.8) is 0 Å². The van der Waals surface area contributed by atoms with Gasteiger partial charge in [-0.15, -0.1) is 0 Å². The van der Waals surface area contributed by atoms with Crippen molar-refractivity contribution in [3.05, 3.63) is 83.7 Å². The van der Waals surface area contributed by atoms with Crippen LogP contribution in [0.5, 0.6) is 0 Å². The van der Waals surface area contributed by atoms with E-state index in [9.17, 15) is 9.50 Å². The van der Waals surface area contributed by atoms with Crippen LogP contribution in [0.15, 0.2) is 66.7 Å². The van der Waals surface area contributed by atoms with Crippen molar-refractivity contribution in [1.29, 1.82) is 0 Å². The van der Waals surface area contributed by atoms with Crippen LogP contribution >= 0.6 is 0 Å². The predicted octanol–water partition coefficient (Wildman–Crippen LogP) is 4.26. The minimum Gasteiger partial charge on any atom is -0.388 e. The topological polar surface area (TPSA) is 20.2 Å². The van der Waals surface area contributed by atoms with Gasteiger partial charge in [0.15, 0.2) is 0 Å². The molecule has 3 aromatic carbocycles. The third-order valence-corrected chi connectivity index (χ3v) is 3.55. The molecule has 3 rings (SSSR count). The molecule has 100 valence electrons. The molecule has 0 aliphatic heterocycles. The highest BCUT2D eigenvalue weighted by Crippen LogP contribution is 2.27. The van der Waals surface area contributed by atoms with Crippen LogP contribution in [-0.4, -0.2) is 5.11 Å². The van der Waals surface area contributed by atoms with E-state index in [1.165, 1.54) is 6.07 Å². The number of aliphatic hydroxyl groups excluding tert-OH is 1. The van der Waals surface area contributed by atoms with E-state index in [-0.39, 0.29) is 12.2 Å². The van der Waals surface area contributed by atoms with Crippen LogP contribution < -0.4 is 0 Å². The second-order valence-corrected chi connectivity index (χ2v) is 4.88. The number of halogens is 1. The molecule has 1 atom stereocenters. The summed E-state index contributed by atoms with van der Waals surface area (Å²) >= 11 is 0. The van der Waals surface area contributed by atoms with Gasteiger partial charge in [-0.05, 0) is 28.0 Å². The van der Waals surface area contributed by atoms with E-state index >= 15 is 0 Å². The summed E-state index contributed by atoms with van der Waals surface area (Å²) in [6.45, 7) is 0. The Hall–Kier alpha value is -2.19. The second-order valence-electron chi connectivity index (χ2n) is 4.88. The maximum absolute atomic E-state index is 13.7. The molecular weight excluding hydrogens is 251 g/mol. The number of aliphatic hydroxyl groups is 1. The van der Waals surface area contributed by atoms with E-state index in [4.69, 9.17) is 0 Å². The Bertz CT molecular complexity index is 731. The smallest absolute Gasteiger partial charge is 0.126 e. The highest BCUT2D eigenvalue weighted by molar-refractivity contribution is 5.85. The first-order valence-corrected chi connectivity index (χ1v) is 6.65. The highest BCUT2D eigenvalue weighted by atomic mass is 19.1. The fourth-order valence-corrected chi connectivity index (χ4v) is 2.52. The van der Waals surface area contributed by atoms with Crippen LogP contribution in [0.4, 0.5) is 4.39 Å². The molecule has 0 radical (unpaired) electrons. The first-order valence-electron chi connectivity index (χ1n) is 6.65. The molecule has 0 bridgehead atoms. The quantitative estimate of drug-likeness (QED) is 0.751. The molecule has 0 saturated heterocycles. The molecule has 0 amide bonds. The number of fused-ring (bicyclic) bond motifs is 1. The molecule has 0 spiro atoms. The van der Waals surface area contributed by atoms with Crippen molar-refractivity contribution >= 4 is 10.8 Å². The van der Waals surface area contributed by atoms with Crippen LogP contribution in [0.1, 0.15) is 17.2 Å². The van der Waals surface area contributed by atoms with E-state index in [1.807, 2.05) is 42.5 Å². The maximum Gasteiger partial charge on any atom is 0.126 e. The molecule has 0 aliphatic rings. The summed E-state index contributed by atoms with van der Waals surface area (Å²) in [6.07, 6.45) is -0.432. The van der Waals surface area contributed by atoms with Gasteiger partial charge in [0.05, 0.1) is 6.10 Å². The third-order valence-electron chi connectivity index (χ3n) is 3.55. The van der Waals surface area contributed by atoms with E-state index in [1.54, 1.807) is 18.2 Å². The van der Waals surface area contributed by atoms with Crippen LogP contribution in [-0.2, 0) is 6.42 Å². The zero-order valence-corrected chi connectivity index (χ0v) is 11.0. The Morgan fingerprint density at radius 1 is 0.850 bits per heavy atom. The molecule has 1 nitrogen and oxygen atoms in total. The van der Waals surface area contributed by atoms with Crippen LogP contribution in [0.3, 0.4) is 0 Å². The van der Waals surface area contributed by atoms with Crippen molar-refractivity contribution in [1.82, 2.24) is 0 Å². The summed E-state index contributed by atoms with van der Waals surface area (Å²) < 4.78 is 13.7. The molecule has 1 unspecified atom stereocenters. The number of benzene rings is 3. The van der Waals surface area contributed by atoms with Crippen molar-refractivity contribution < 1.29 is 9.50 Å². The fourth-order valence-electron chi connectivity index (χ4n) is 2.52. The van der Waals surface area contributed by atoms with Crippen LogP contribution in [0.2, 0.25) is 0 Å². The van der Waals surface area contributed by atoms with E-state index < -0.39 is 6.10 Å². The third kappa shape index (κ3) is 2.43. The van der Waals surface area contributed by atoms with Gasteiger partial charge in [0.25, 0.3) is 0 Å². The molecule has 3 aromatic rings. The Balaban J connectivity index is 1.97. The molecule has 0 saturated carbocycles. The summed E-state index contributed by atoms with van der Waals surface area (Å²) in [5.74, 6) is -0.271. The average molecular weight is 266 g/mol. The highest BCUT2D eigenvalue weighted by Gasteiger charge is 2.13. The largest absolute Gasteiger partial charge is 0.388 e. The molecule has 0 aromatic heterocycles. The standard InChI is InChI=1S/C18H15FO/c19-17-11-4-2-7-14(17)12-18(20)16-10-5-8-13-6-1-3-9-15(13)16/h1-11,18,20H,12H2. The van der Waals surface area contributed by atoms with Gasteiger partial charge in [-0.1, -0.05) is 60.7 Å². The Morgan fingerprint density at radius 2 is 1.55 bits per heavy atom. The fraction of sp³-hybridized carbons (Fsp3) is 0.111. The van der Waals surface area contributed by atoms with Crippen LogP contribution in [0.25, 0.3) is 10.8 Å². The second kappa shape index (κ2) is 5.43. The Kier molecular flexibility index (Phi) is 3.48. The van der Waals surface area contributed by atoms with E-state index in [0.29, 0.717) is 5.56 Å². The van der Waals surface area contributed by atoms with Gasteiger partial charge in [0.1, 0.15) is 5.82 Å². The predicted molar refractivity (Wildman–Crippen MR) is 79.0 cm³/mol. The minimum atomic E-state index is -0.710. The molecule has 20 heavy (non-hydrogen) atoms. The van der Waals surface area contributed by atoms with Gasteiger partial charge in [-0.3, -0.25) is 0 Å². The number of rotatable bonds is 3. The minimum absolute atomic E-state index is 0.271.